The van der Waals surface area contributed by atoms with E-state index in [0.29, 0.717) is 19.6 Å². The fourth-order valence-corrected chi connectivity index (χ4v) is 2.92. The van der Waals surface area contributed by atoms with Crippen molar-refractivity contribution in [2.24, 2.45) is 5.92 Å². The standard InChI is InChI=1S/C20H22FN3O4.ClH/c21-15-6-2-3-7-16(15)24-19(26)12-28-18-8-4-1-5-14(18)20(27)23-10-13-9-22-11-17(13)25;/h1-8,13,17,22,25H,9-12H2,(H,23,27)(H,24,26);1H. The number of aliphatic hydroxyl groups is 1. The molecule has 29 heavy (non-hydrogen) atoms. The first-order valence-corrected chi connectivity index (χ1v) is 8.98. The minimum Gasteiger partial charge on any atom is -0.483 e. The smallest absolute Gasteiger partial charge is 0.262 e. The van der Waals surface area contributed by atoms with Gasteiger partial charge in [-0.2, -0.15) is 0 Å². The summed E-state index contributed by atoms with van der Waals surface area (Å²) in [5.41, 5.74) is 0.340. The molecule has 2 unspecified atom stereocenters. The Morgan fingerprint density at radius 3 is 2.59 bits per heavy atom. The number of rotatable bonds is 7. The molecule has 0 saturated carbocycles. The lowest BCUT2D eigenvalue weighted by Crippen LogP contribution is -2.34. The molecule has 0 aliphatic carbocycles. The minimum atomic E-state index is -0.542. The van der Waals surface area contributed by atoms with Crippen molar-refractivity contribution in [1.82, 2.24) is 10.6 Å². The summed E-state index contributed by atoms with van der Waals surface area (Å²) < 4.78 is 19.1. The summed E-state index contributed by atoms with van der Waals surface area (Å²) in [6, 6.07) is 12.4. The van der Waals surface area contributed by atoms with Crippen LogP contribution in [0.4, 0.5) is 10.1 Å². The average Bonchev–Trinajstić information content (AvgIpc) is 3.11. The molecular formula is C20H23ClFN3O4. The largest absolute Gasteiger partial charge is 0.483 e. The van der Waals surface area contributed by atoms with Crippen LogP contribution in [0.15, 0.2) is 48.5 Å². The van der Waals surface area contributed by atoms with Gasteiger partial charge >= 0.3 is 0 Å². The molecule has 1 aliphatic rings. The van der Waals surface area contributed by atoms with Crippen molar-refractivity contribution in [3.05, 3.63) is 59.9 Å². The molecule has 1 fully saturated rings. The van der Waals surface area contributed by atoms with Crippen LogP contribution in [-0.4, -0.2) is 49.3 Å². The predicted octanol–water partition coefficient (Wildman–Crippen LogP) is 1.58. The number of halogens is 2. The number of hydrogen-bond donors (Lipinski definition) is 4. The Balaban J connectivity index is 0.00000300. The first kappa shape index (κ1) is 22.6. The van der Waals surface area contributed by atoms with Crippen molar-refractivity contribution in [3.8, 4) is 5.75 Å². The van der Waals surface area contributed by atoms with Gasteiger partial charge in [-0.15, -0.1) is 12.4 Å². The number of amides is 2. The summed E-state index contributed by atoms with van der Waals surface area (Å²) in [6.07, 6.45) is -0.492. The molecule has 2 aromatic carbocycles. The number of β-amino-alcohol motifs (C(OH)–C–C–N with tert-alkyl or cyclic N) is 1. The van der Waals surface area contributed by atoms with Gasteiger partial charge < -0.3 is 25.8 Å². The van der Waals surface area contributed by atoms with E-state index in [0.717, 1.165) is 0 Å². The monoisotopic (exact) mass is 423 g/mol. The lowest BCUT2D eigenvalue weighted by atomic mass is 10.1. The third kappa shape index (κ3) is 6.15. The van der Waals surface area contributed by atoms with Gasteiger partial charge in [-0.1, -0.05) is 24.3 Å². The van der Waals surface area contributed by atoms with Crippen molar-refractivity contribution in [3.63, 3.8) is 0 Å². The molecule has 0 radical (unpaired) electrons. The summed E-state index contributed by atoms with van der Waals surface area (Å²) in [6.45, 7) is 1.10. The predicted molar refractivity (Wildman–Crippen MR) is 109 cm³/mol. The number of aliphatic hydroxyl groups excluding tert-OH is 1. The molecule has 2 atom stereocenters. The van der Waals surface area contributed by atoms with Gasteiger partial charge in [0.1, 0.15) is 11.6 Å². The Labute approximate surface area is 174 Å². The molecule has 4 N–H and O–H groups in total. The van der Waals surface area contributed by atoms with Gasteiger partial charge in [0.05, 0.1) is 17.4 Å². The lowest BCUT2D eigenvalue weighted by Gasteiger charge is -2.15. The highest BCUT2D eigenvalue weighted by atomic mass is 35.5. The summed E-state index contributed by atoms with van der Waals surface area (Å²) in [7, 11) is 0. The number of para-hydroxylation sites is 2. The SMILES string of the molecule is Cl.O=C(COc1ccccc1C(=O)NCC1CNCC1O)Nc1ccccc1F. The van der Waals surface area contributed by atoms with Crippen LogP contribution in [0.1, 0.15) is 10.4 Å². The molecule has 1 heterocycles. The Morgan fingerprint density at radius 1 is 1.14 bits per heavy atom. The highest BCUT2D eigenvalue weighted by Crippen LogP contribution is 2.19. The second-order valence-electron chi connectivity index (χ2n) is 6.51. The summed E-state index contributed by atoms with van der Waals surface area (Å²) >= 11 is 0. The van der Waals surface area contributed by atoms with Crippen LogP contribution in [0.5, 0.6) is 5.75 Å². The number of hydrogen-bond acceptors (Lipinski definition) is 5. The zero-order chi connectivity index (χ0) is 19.9. The Morgan fingerprint density at radius 2 is 1.86 bits per heavy atom. The zero-order valence-electron chi connectivity index (χ0n) is 15.6. The van der Waals surface area contributed by atoms with Gasteiger partial charge in [-0.05, 0) is 24.3 Å². The number of carbonyl (C=O) groups is 2. The maximum atomic E-state index is 13.6. The normalized spacial score (nSPS) is 17.9. The third-order valence-electron chi connectivity index (χ3n) is 4.47. The molecule has 2 aromatic rings. The van der Waals surface area contributed by atoms with Crippen molar-refractivity contribution >= 4 is 29.9 Å². The average molecular weight is 424 g/mol. The first-order valence-electron chi connectivity index (χ1n) is 8.98. The topological polar surface area (TPSA) is 99.7 Å². The minimum absolute atomic E-state index is 0. The van der Waals surface area contributed by atoms with Crippen molar-refractivity contribution in [1.29, 1.82) is 0 Å². The Kier molecular flexibility index (Phi) is 8.38. The van der Waals surface area contributed by atoms with Crippen molar-refractivity contribution in [2.75, 3.05) is 31.6 Å². The van der Waals surface area contributed by atoms with E-state index in [1.807, 2.05) is 0 Å². The quantitative estimate of drug-likeness (QED) is 0.542. The maximum Gasteiger partial charge on any atom is 0.262 e. The molecular weight excluding hydrogens is 401 g/mol. The number of carbonyl (C=O) groups excluding carboxylic acids is 2. The van der Waals surface area contributed by atoms with Crippen LogP contribution in [-0.2, 0) is 4.79 Å². The van der Waals surface area contributed by atoms with Crippen LogP contribution >= 0.6 is 12.4 Å². The Hall–Kier alpha value is -2.68. The molecule has 7 nitrogen and oxygen atoms in total. The van der Waals surface area contributed by atoms with Gasteiger partial charge in [0.2, 0.25) is 0 Å². The van der Waals surface area contributed by atoms with Gasteiger partial charge in [0, 0.05) is 25.6 Å². The van der Waals surface area contributed by atoms with E-state index >= 15 is 0 Å². The molecule has 0 bridgehead atoms. The van der Waals surface area contributed by atoms with Crippen LogP contribution in [0.2, 0.25) is 0 Å². The number of nitrogens with one attached hydrogen (secondary N) is 3. The second-order valence-corrected chi connectivity index (χ2v) is 6.51. The molecule has 156 valence electrons. The van der Waals surface area contributed by atoms with E-state index in [-0.39, 0.29) is 47.8 Å². The lowest BCUT2D eigenvalue weighted by molar-refractivity contribution is -0.118. The summed E-state index contributed by atoms with van der Waals surface area (Å²) in [5, 5.41) is 18.1. The van der Waals surface area contributed by atoms with E-state index in [1.165, 1.54) is 18.2 Å². The number of anilines is 1. The Bertz CT molecular complexity index is 852. The van der Waals surface area contributed by atoms with Gasteiger partial charge in [-0.3, -0.25) is 9.59 Å². The molecule has 2 amide bonds. The van der Waals surface area contributed by atoms with E-state index in [9.17, 15) is 19.1 Å². The van der Waals surface area contributed by atoms with E-state index in [2.05, 4.69) is 16.0 Å². The van der Waals surface area contributed by atoms with E-state index < -0.39 is 17.8 Å². The third-order valence-corrected chi connectivity index (χ3v) is 4.47. The molecule has 1 saturated heterocycles. The summed E-state index contributed by atoms with van der Waals surface area (Å²) in [5.74, 6) is -1.25. The fraction of sp³-hybridized carbons (Fsp3) is 0.300. The zero-order valence-corrected chi connectivity index (χ0v) is 16.4. The van der Waals surface area contributed by atoms with E-state index in [1.54, 1.807) is 30.3 Å². The number of benzene rings is 2. The van der Waals surface area contributed by atoms with Crippen LogP contribution in [0.25, 0.3) is 0 Å². The van der Waals surface area contributed by atoms with Crippen molar-refractivity contribution in [2.45, 2.75) is 6.10 Å². The fourth-order valence-electron chi connectivity index (χ4n) is 2.92. The van der Waals surface area contributed by atoms with Crippen molar-refractivity contribution < 1.29 is 23.8 Å². The van der Waals surface area contributed by atoms with E-state index in [4.69, 9.17) is 4.74 Å². The highest BCUT2D eigenvalue weighted by Gasteiger charge is 2.25. The highest BCUT2D eigenvalue weighted by molar-refractivity contribution is 5.97. The second kappa shape index (κ2) is 10.8. The van der Waals surface area contributed by atoms with Crippen LogP contribution in [0, 0.1) is 11.7 Å². The summed E-state index contributed by atoms with van der Waals surface area (Å²) in [4.78, 5) is 24.5. The first-order chi connectivity index (χ1) is 13.5. The number of ether oxygens (including phenoxy) is 1. The maximum absolute atomic E-state index is 13.6. The molecule has 0 spiro atoms. The van der Waals surface area contributed by atoms with Gasteiger partial charge in [0.15, 0.2) is 6.61 Å². The van der Waals surface area contributed by atoms with Crippen LogP contribution < -0.4 is 20.7 Å². The molecule has 1 aliphatic heterocycles. The van der Waals surface area contributed by atoms with Crippen LogP contribution in [0.3, 0.4) is 0 Å². The molecule has 0 aromatic heterocycles. The van der Waals surface area contributed by atoms with Gasteiger partial charge in [0.25, 0.3) is 11.8 Å². The van der Waals surface area contributed by atoms with Gasteiger partial charge in [-0.25, -0.2) is 4.39 Å². The molecule has 9 heteroatoms. The molecule has 3 rings (SSSR count).